The fourth-order valence-corrected chi connectivity index (χ4v) is 6.52. The summed E-state index contributed by atoms with van der Waals surface area (Å²) in [6, 6.07) is 35.9. The summed E-state index contributed by atoms with van der Waals surface area (Å²) in [4.78, 5) is 0. The zero-order valence-electron chi connectivity index (χ0n) is 32.4. The molecular formula is C48H48O10. The second kappa shape index (κ2) is 19.1. The van der Waals surface area contributed by atoms with Crippen LogP contribution in [-0.4, -0.2) is 90.5 Å². The van der Waals surface area contributed by atoms with E-state index in [1.54, 1.807) is 12.2 Å². The summed E-state index contributed by atoms with van der Waals surface area (Å²) in [5, 5.41) is 6.15. The molecular weight excluding hydrogens is 737 g/mol. The van der Waals surface area contributed by atoms with Crippen LogP contribution in [0, 0.1) is 0 Å². The first-order chi connectivity index (χ1) is 28.6. The lowest BCUT2D eigenvalue weighted by Gasteiger charge is -2.27. The molecule has 0 bridgehead atoms. The van der Waals surface area contributed by atoms with Crippen LogP contribution in [0.2, 0.25) is 0 Å². The van der Waals surface area contributed by atoms with Crippen LogP contribution in [0.5, 0.6) is 34.5 Å². The Morgan fingerprint density at radius 3 is 1.50 bits per heavy atom. The van der Waals surface area contributed by atoms with Crippen molar-refractivity contribution >= 4 is 32.3 Å². The van der Waals surface area contributed by atoms with Crippen molar-refractivity contribution in [3.05, 3.63) is 135 Å². The van der Waals surface area contributed by atoms with Crippen LogP contribution in [0.4, 0.5) is 0 Å². The van der Waals surface area contributed by atoms with E-state index < -0.39 is 0 Å². The van der Waals surface area contributed by atoms with Crippen molar-refractivity contribution in [2.45, 2.75) is 24.4 Å². The van der Waals surface area contributed by atoms with Gasteiger partial charge in [0.25, 0.3) is 0 Å². The highest BCUT2D eigenvalue weighted by Crippen LogP contribution is 2.32. The van der Waals surface area contributed by atoms with E-state index in [9.17, 15) is 0 Å². The number of fused-ring (bicyclic) bond motifs is 3. The lowest BCUT2D eigenvalue weighted by atomic mass is 10.1. The molecule has 2 heterocycles. The number of hydrogen-bond donors (Lipinski definition) is 0. The van der Waals surface area contributed by atoms with Crippen LogP contribution in [0.1, 0.15) is 0 Å². The fourth-order valence-electron chi connectivity index (χ4n) is 6.52. The molecule has 3 atom stereocenters. The molecule has 2 aliphatic heterocycles. The molecule has 300 valence electrons. The third-order valence-electron chi connectivity index (χ3n) is 9.78. The minimum absolute atomic E-state index is 0.0975. The third-order valence-corrected chi connectivity index (χ3v) is 9.78. The summed E-state index contributed by atoms with van der Waals surface area (Å²) in [5.74, 6) is 4.56. The van der Waals surface area contributed by atoms with Crippen molar-refractivity contribution in [2.75, 3.05) is 66.1 Å². The number of epoxide rings is 1. The van der Waals surface area contributed by atoms with Gasteiger partial charge < -0.3 is 47.4 Å². The zero-order chi connectivity index (χ0) is 39.5. The first kappa shape index (κ1) is 39.1. The van der Waals surface area contributed by atoms with Gasteiger partial charge in [0.05, 0.1) is 33.0 Å². The van der Waals surface area contributed by atoms with Gasteiger partial charge in [-0.3, -0.25) is 0 Å². The standard InChI is InChI=1S/C48H48O10/c1-3-19-50-41(29-54-39-15-17-45-34(21-39)7-5-9-47(45)57-32-43-31-56-43)27-52-37-13-11-33-12-14-38(24-36(33)23-37)53-28-42(51-20-4-2)30-55-40-16-18-46-35(22-40)8-6-10-48(46)58-44-25-49-26-44/h3-18,21-24,41-44H,1-2,19-20,25-32H2. The first-order valence-electron chi connectivity index (χ1n) is 19.6. The van der Waals surface area contributed by atoms with Crippen LogP contribution in [0.15, 0.2) is 135 Å². The quantitative estimate of drug-likeness (QED) is 0.0464. The highest BCUT2D eigenvalue weighted by atomic mass is 16.6. The van der Waals surface area contributed by atoms with Crippen LogP contribution >= 0.6 is 0 Å². The Morgan fingerprint density at radius 1 is 0.534 bits per heavy atom. The normalized spacial score (nSPS) is 16.0. The Balaban J connectivity index is 0.857. The molecule has 0 N–H and O–H groups in total. The molecule has 2 saturated heterocycles. The fraction of sp³-hybridized carbons (Fsp3) is 0.292. The summed E-state index contributed by atoms with van der Waals surface area (Å²) >= 11 is 0. The van der Waals surface area contributed by atoms with Crippen LogP contribution < -0.4 is 28.4 Å². The van der Waals surface area contributed by atoms with Gasteiger partial charge in [-0.25, -0.2) is 0 Å². The first-order valence-corrected chi connectivity index (χ1v) is 19.6. The van der Waals surface area contributed by atoms with E-state index in [-0.39, 0.29) is 37.6 Å². The van der Waals surface area contributed by atoms with Gasteiger partial charge in [-0.15, -0.1) is 13.2 Å². The summed E-state index contributed by atoms with van der Waals surface area (Å²) < 4.78 is 59.6. The van der Waals surface area contributed by atoms with Gasteiger partial charge in [0, 0.05) is 10.8 Å². The van der Waals surface area contributed by atoms with E-state index in [0.29, 0.717) is 57.7 Å². The average Bonchev–Trinajstić information content (AvgIpc) is 4.08. The van der Waals surface area contributed by atoms with E-state index >= 15 is 0 Å². The zero-order valence-corrected chi connectivity index (χ0v) is 32.4. The molecule has 0 saturated carbocycles. The maximum atomic E-state index is 6.25. The largest absolute Gasteiger partial charge is 0.491 e. The van der Waals surface area contributed by atoms with Gasteiger partial charge in [0.15, 0.2) is 0 Å². The van der Waals surface area contributed by atoms with Gasteiger partial charge in [-0.05, 0) is 94.3 Å². The average molecular weight is 785 g/mol. The Bertz CT molecular complexity index is 2320. The van der Waals surface area contributed by atoms with Crippen LogP contribution in [0.25, 0.3) is 32.3 Å². The Labute approximate surface area is 338 Å². The third kappa shape index (κ3) is 10.4. The van der Waals surface area contributed by atoms with E-state index in [2.05, 4.69) is 13.2 Å². The summed E-state index contributed by atoms with van der Waals surface area (Å²) in [5.41, 5.74) is 0. The van der Waals surface area contributed by atoms with Gasteiger partial charge in [-0.1, -0.05) is 48.6 Å². The lowest BCUT2D eigenvalue weighted by molar-refractivity contribution is -0.0791. The maximum absolute atomic E-state index is 6.25. The van der Waals surface area contributed by atoms with Gasteiger partial charge in [0.2, 0.25) is 0 Å². The van der Waals surface area contributed by atoms with Crippen molar-refractivity contribution in [1.82, 2.24) is 0 Å². The van der Waals surface area contributed by atoms with Gasteiger partial charge >= 0.3 is 0 Å². The summed E-state index contributed by atoms with van der Waals surface area (Å²) in [7, 11) is 0. The van der Waals surface area contributed by atoms with E-state index in [0.717, 1.165) is 61.9 Å². The van der Waals surface area contributed by atoms with E-state index in [1.165, 1.54) is 0 Å². The van der Waals surface area contributed by atoms with Crippen molar-refractivity contribution in [3.8, 4) is 34.5 Å². The molecule has 10 nitrogen and oxygen atoms in total. The van der Waals surface area contributed by atoms with Gasteiger partial charge in [-0.2, -0.15) is 0 Å². The highest BCUT2D eigenvalue weighted by Gasteiger charge is 2.24. The monoisotopic (exact) mass is 784 g/mol. The molecule has 6 aromatic carbocycles. The minimum Gasteiger partial charge on any atom is -0.491 e. The highest BCUT2D eigenvalue weighted by molar-refractivity contribution is 5.90. The predicted octanol–water partition coefficient (Wildman–Crippen LogP) is 8.76. The van der Waals surface area contributed by atoms with Crippen molar-refractivity contribution < 1.29 is 47.4 Å². The summed E-state index contributed by atoms with van der Waals surface area (Å²) in [6.45, 7) is 12.1. The molecule has 58 heavy (non-hydrogen) atoms. The molecule has 3 unspecified atom stereocenters. The molecule has 10 heteroatoms. The second-order valence-corrected chi connectivity index (χ2v) is 14.2. The number of hydrogen-bond acceptors (Lipinski definition) is 10. The molecule has 0 aromatic heterocycles. The molecule has 2 fully saturated rings. The predicted molar refractivity (Wildman–Crippen MR) is 224 cm³/mol. The van der Waals surface area contributed by atoms with Crippen molar-refractivity contribution in [3.63, 3.8) is 0 Å². The molecule has 0 radical (unpaired) electrons. The second-order valence-electron chi connectivity index (χ2n) is 14.2. The van der Waals surface area contributed by atoms with Crippen molar-refractivity contribution in [1.29, 1.82) is 0 Å². The Kier molecular flexibility index (Phi) is 12.9. The Hall–Kier alpha value is -5.78. The number of rotatable bonds is 23. The van der Waals surface area contributed by atoms with E-state index in [4.69, 9.17) is 47.4 Å². The van der Waals surface area contributed by atoms with Crippen LogP contribution in [-0.2, 0) is 18.9 Å². The molecule has 8 rings (SSSR count). The smallest absolute Gasteiger partial charge is 0.145 e. The number of benzene rings is 6. The summed E-state index contributed by atoms with van der Waals surface area (Å²) in [6.07, 6.45) is 3.05. The SMILES string of the molecule is C=CCOC(COc1ccc2ccc(OCC(COc3ccc4c(OC5COC5)cccc4c3)OCC=C)cc2c1)COc1ccc2c(OCC3CO3)cccc2c1. The Morgan fingerprint density at radius 2 is 1.02 bits per heavy atom. The van der Waals surface area contributed by atoms with Crippen molar-refractivity contribution in [2.24, 2.45) is 0 Å². The molecule has 6 aromatic rings. The topological polar surface area (TPSA) is 95.6 Å². The maximum Gasteiger partial charge on any atom is 0.145 e. The van der Waals surface area contributed by atoms with Gasteiger partial charge in [0.1, 0.15) is 91.9 Å². The van der Waals surface area contributed by atoms with Crippen LogP contribution in [0.3, 0.4) is 0 Å². The number of ether oxygens (including phenoxy) is 10. The molecule has 0 spiro atoms. The molecule has 0 amide bonds. The molecule has 0 aliphatic carbocycles. The van der Waals surface area contributed by atoms with E-state index in [1.807, 2.05) is 109 Å². The molecule has 2 aliphatic rings. The minimum atomic E-state index is -0.337. The lowest BCUT2D eigenvalue weighted by Crippen LogP contribution is -2.38.